The van der Waals surface area contributed by atoms with Crippen LogP contribution in [0.15, 0.2) is 48.6 Å². The van der Waals surface area contributed by atoms with Gasteiger partial charge < -0.3 is 20.3 Å². The molecular formula is C73H137NO5. The number of aliphatic hydroxyl groups is 2. The lowest BCUT2D eigenvalue weighted by Gasteiger charge is -2.20. The molecule has 0 aromatic carbocycles. The lowest BCUT2D eigenvalue weighted by Crippen LogP contribution is -2.45. The Balaban J connectivity index is 3.37. The van der Waals surface area contributed by atoms with Crippen LogP contribution in [0.3, 0.4) is 0 Å². The minimum atomic E-state index is -0.844. The predicted octanol–water partition coefficient (Wildman–Crippen LogP) is 22.9. The number of aliphatic hydroxyl groups excluding tert-OH is 2. The van der Waals surface area contributed by atoms with Gasteiger partial charge in [0.05, 0.1) is 25.4 Å². The zero-order chi connectivity index (χ0) is 57.1. The Morgan fingerprint density at radius 3 is 1.00 bits per heavy atom. The number of allylic oxidation sites excluding steroid dienone is 7. The molecule has 2 unspecified atom stereocenters. The minimum Gasteiger partial charge on any atom is -0.466 e. The maximum Gasteiger partial charge on any atom is 0.305 e. The molecule has 464 valence electrons. The molecule has 0 fully saturated rings. The Morgan fingerprint density at radius 2 is 0.633 bits per heavy atom. The van der Waals surface area contributed by atoms with Crippen molar-refractivity contribution in [3.63, 3.8) is 0 Å². The van der Waals surface area contributed by atoms with E-state index in [0.29, 0.717) is 19.4 Å². The van der Waals surface area contributed by atoms with Gasteiger partial charge in [0, 0.05) is 12.8 Å². The van der Waals surface area contributed by atoms with E-state index in [1.807, 2.05) is 6.08 Å². The first-order valence-electron chi connectivity index (χ1n) is 35.4. The molecule has 6 nitrogen and oxygen atoms in total. The van der Waals surface area contributed by atoms with Crippen LogP contribution in [0, 0.1) is 0 Å². The van der Waals surface area contributed by atoms with Crippen LogP contribution in [0.2, 0.25) is 0 Å². The number of esters is 1. The number of ether oxygens (including phenoxy) is 1. The maximum absolute atomic E-state index is 12.5. The third-order valence-electron chi connectivity index (χ3n) is 16.3. The first-order valence-corrected chi connectivity index (χ1v) is 35.4. The Labute approximate surface area is 493 Å². The first kappa shape index (κ1) is 76.8. The molecule has 2 atom stereocenters. The summed E-state index contributed by atoms with van der Waals surface area (Å²) in [5, 5.41) is 23.1. The molecule has 0 rings (SSSR count). The van der Waals surface area contributed by atoms with E-state index >= 15 is 0 Å². The first-order chi connectivity index (χ1) is 39.0. The second-order valence-corrected chi connectivity index (χ2v) is 24.2. The van der Waals surface area contributed by atoms with E-state index in [0.717, 1.165) is 51.4 Å². The van der Waals surface area contributed by atoms with Crippen LogP contribution in [-0.2, 0) is 14.3 Å². The van der Waals surface area contributed by atoms with Gasteiger partial charge in [-0.25, -0.2) is 0 Å². The number of amides is 1. The highest BCUT2D eigenvalue weighted by atomic mass is 16.5. The highest BCUT2D eigenvalue weighted by Gasteiger charge is 2.18. The van der Waals surface area contributed by atoms with Gasteiger partial charge in [0.15, 0.2) is 0 Å². The number of hydrogen-bond acceptors (Lipinski definition) is 5. The summed E-state index contributed by atoms with van der Waals surface area (Å²) >= 11 is 0. The summed E-state index contributed by atoms with van der Waals surface area (Å²) in [7, 11) is 0. The largest absolute Gasteiger partial charge is 0.466 e. The van der Waals surface area contributed by atoms with Gasteiger partial charge in [0.1, 0.15) is 0 Å². The van der Waals surface area contributed by atoms with E-state index in [9.17, 15) is 19.8 Å². The van der Waals surface area contributed by atoms with Crippen molar-refractivity contribution < 1.29 is 24.5 Å². The smallest absolute Gasteiger partial charge is 0.305 e. The number of rotatable bonds is 66. The van der Waals surface area contributed by atoms with Crippen LogP contribution in [-0.4, -0.2) is 47.4 Å². The predicted molar refractivity (Wildman–Crippen MR) is 347 cm³/mol. The summed E-state index contributed by atoms with van der Waals surface area (Å²) in [6.45, 7) is 4.90. The average Bonchev–Trinajstić information content (AvgIpc) is 3.45. The van der Waals surface area contributed by atoms with E-state index in [-0.39, 0.29) is 18.5 Å². The quantitative estimate of drug-likeness (QED) is 0.0320. The molecule has 1 amide bonds. The maximum atomic E-state index is 12.5. The van der Waals surface area contributed by atoms with Gasteiger partial charge in [-0.2, -0.15) is 0 Å². The second-order valence-electron chi connectivity index (χ2n) is 24.2. The molecule has 0 aromatic heterocycles. The highest BCUT2D eigenvalue weighted by Crippen LogP contribution is 2.18. The summed E-state index contributed by atoms with van der Waals surface area (Å²) in [6.07, 6.45) is 89.1. The lowest BCUT2D eigenvalue weighted by molar-refractivity contribution is -0.143. The van der Waals surface area contributed by atoms with Crippen LogP contribution in [0.25, 0.3) is 0 Å². The second kappa shape index (κ2) is 68.3. The SMILES string of the molecule is CCCCC/C=C\C/C=C\CCCCCCCCCCCC(=O)OCCCCCCCCCCCCCC/C=C\CCCCCCCCCCCCCCCC(=O)NC(CO)C(O)/C=C/CCCCCCCCCCCCCC. The summed E-state index contributed by atoms with van der Waals surface area (Å²) in [5.41, 5.74) is 0. The Hall–Kier alpha value is -2.18. The molecule has 0 spiro atoms. The van der Waals surface area contributed by atoms with Gasteiger partial charge in [-0.15, -0.1) is 0 Å². The number of unbranched alkanes of at least 4 members (excludes halogenated alkanes) is 49. The van der Waals surface area contributed by atoms with Gasteiger partial charge in [0.25, 0.3) is 0 Å². The fourth-order valence-corrected chi connectivity index (χ4v) is 10.9. The fourth-order valence-electron chi connectivity index (χ4n) is 10.9. The van der Waals surface area contributed by atoms with E-state index in [4.69, 9.17) is 4.74 Å². The molecule has 0 aliphatic carbocycles. The van der Waals surface area contributed by atoms with Crippen molar-refractivity contribution in [3.05, 3.63) is 48.6 Å². The molecular weight excluding hydrogens is 971 g/mol. The lowest BCUT2D eigenvalue weighted by atomic mass is 10.0. The van der Waals surface area contributed by atoms with Gasteiger partial charge >= 0.3 is 5.97 Å². The fraction of sp³-hybridized carbons (Fsp3) is 0.863. The van der Waals surface area contributed by atoms with Crippen molar-refractivity contribution in [3.8, 4) is 0 Å². The molecule has 0 heterocycles. The van der Waals surface area contributed by atoms with Crippen molar-refractivity contribution in [2.24, 2.45) is 0 Å². The zero-order valence-corrected chi connectivity index (χ0v) is 53.1. The molecule has 0 aliphatic rings. The van der Waals surface area contributed by atoms with Crippen molar-refractivity contribution >= 4 is 11.9 Å². The van der Waals surface area contributed by atoms with Crippen LogP contribution in [0.5, 0.6) is 0 Å². The third kappa shape index (κ3) is 64.8. The highest BCUT2D eigenvalue weighted by molar-refractivity contribution is 5.76. The topological polar surface area (TPSA) is 95.9 Å². The molecule has 0 radical (unpaired) electrons. The molecule has 0 aromatic rings. The molecule has 0 saturated heterocycles. The summed E-state index contributed by atoms with van der Waals surface area (Å²) in [4.78, 5) is 24.6. The Morgan fingerprint density at radius 1 is 0.354 bits per heavy atom. The molecule has 6 heteroatoms. The molecule has 0 aliphatic heterocycles. The summed E-state index contributed by atoms with van der Waals surface area (Å²) < 4.78 is 5.51. The van der Waals surface area contributed by atoms with E-state index in [1.54, 1.807) is 6.08 Å². The van der Waals surface area contributed by atoms with E-state index < -0.39 is 12.1 Å². The molecule has 0 bridgehead atoms. The van der Waals surface area contributed by atoms with Crippen molar-refractivity contribution in [2.45, 2.75) is 392 Å². The minimum absolute atomic E-state index is 0.0125. The normalized spacial score (nSPS) is 12.8. The van der Waals surface area contributed by atoms with Gasteiger partial charge in [-0.05, 0) is 89.9 Å². The van der Waals surface area contributed by atoms with Crippen LogP contribution >= 0.6 is 0 Å². The van der Waals surface area contributed by atoms with Crippen LogP contribution < -0.4 is 5.32 Å². The van der Waals surface area contributed by atoms with E-state index in [2.05, 4.69) is 55.6 Å². The average molecular weight is 1110 g/mol. The Kier molecular flexibility index (Phi) is 66.4. The van der Waals surface area contributed by atoms with Gasteiger partial charge in [-0.1, -0.05) is 326 Å². The standard InChI is InChI=1S/C73H137NO5/c1-3-5-7-9-11-13-15-17-19-20-32-36-39-43-47-51-55-59-63-67-73(78)79-68-64-60-56-52-48-44-40-37-34-31-29-27-25-23-21-22-24-26-28-30-33-35-38-42-46-50-54-58-62-66-72(77)74-70(69-75)71(76)65-61-57-53-49-45-41-18-16-14-12-10-8-6-4-2/h11,13,17,19,21,23,61,65,70-71,75-76H,3-10,12,14-16,18,20,22,24-60,62-64,66-69H2,1-2H3,(H,74,77)/b13-11-,19-17-,23-21-,65-61+. The molecule has 79 heavy (non-hydrogen) atoms. The van der Waals surface area contributed by atoms with E-state index in [1.165, 1.54) is 302 Å². The number of carbonyl (C=O) groups excluding carboxylic acids is 2. The van der Waals surface area contributed by atoms with Crippen LogP contribution in [0.1, 0.15) is 380 Å². The Bertz CT molecular complexity index is 1320. The van der Waals surface area contributed by atoms with Gasteiger partial charge in [-0.3, -0.25) is 9.59 Å². The molecule has 3 N–H and O–H groups in total. The zero-order valence-electron chi connectivity index (χ0n) is 53.1. The summed E-state index contributed by atoms with van der Waals surface area (Å²) in [5.74, 6) is -0.0534. The van der Waals surface area contributed by atoms with Crippen LogP contribution in [0.4, 0.5) is 0 Å². The summed E-state index contributed by atoms with van der Waals surface area (Å²) in [6, 6.07) is -0.627. The number of nitrogens with one attached hydrogen (secondary N) is 1. The third-order valence-corrected chi connectivity index (χ3v) is 16.3. The monoisotopic (exact) mass is 1110 g/mol. The number of carbonyl (C=O) groups is 2. The molecule has 0 saturated carbocycles. The van der Waals surface area contributed by atoms with Gasteiger partial charge in [0.2, 0.25) is 5.91 Å². The van der Waals surface area contributed by atoms with Crippen molar-refractivity contribution in [1.82, 2.24) is 5.32 Å². The van der Waals surface area contributed by atoms with Crippen molar-refractivity contribution in [2.75, 3.05) is 13.2 Å². The van der Waals surface area contributed by atoms with Crippen molar-refractivity contribution in [1.29, 1.82) is 0 Å². The number of hydrogen-bond donors (Lipinski definition) is 3.